The van der Waals surface area contributed by atoms with E-state index >= 15 is 0 Å². The number of hydrogen-bond acceptors (Lipinski definition) is 3. The number of hydrogen-bond donors (Lipinski definition) is 1. The van der Waals surface area contributed by atoms with Crippen molar-refractivity contribution in [1.29, 1.82) is 0 Å². The maximum absolute atomic E-state index is 12.8. The third-order valence-electron chi connectivity index (χ3n) is 3.88. The van der Waals surface area contributed by atoms with Gasteiger partial charge in [-0.15, -0.1) is 0 Å². The number of carbonyl (C=O) groups is 1. The zero-order valence-electron chi connectivity index (χ0n) is 13.4. The Hall–Kier alpha value is -2.36. The summed E-state index contributed by atoms with van der Waals surface area (Å²) in [5.74, 6) is 0.0360. The zero-order valence-corrected chi connectivity index (χ0v) is 13.4. The molecule has 0 unspecified atom stereocenters. The fourth-order valence-electron chi connectivity index (χ4n) is 2.43. The predicted molar refractivity (Wildman–Crippen MR) is 89.7 cm³/mol. The van der Waals surface area contributed by atoms with Gasteiger partial charge in [0.2, 0.25) is 0 Å². The fraction of sp³-hybridized carbons (Fsp3) is 0.333. The first-order valence-corrected chi connectivity index (χ1v) is 7.55. The molecule has 116 valence electrons. The summed E-state index contributed by atoms with van der Waals surface area (Å²) in [5.41, 5.74) is 9.29. The number of nitrogen functional groups attached to an aromatic ring is 1. The highest BCUT2D eigenvalue weighted by Gasteiger charge is 2.20. The van der Waals surface area contributed by atoms with Crippen LogP contribution in [-0.4, -0.2) is 28.4 Å². The van der Waals surface area contributed by atoms with Gasteiger partial charge in [-0.2, -0.15) is 0 Å². The second-order valence-electron chi connectivity index (χ2n) is 5.72. The lowest BCUT2D eigenvalue weighted by atomic mass is 10.0. The first kappa shape index (κ1) is 16.0. The van der Waals surface area contributed by atoms with Crippen molar-refractivity contribution in [3.8, 4) is 0 Å². The molecular weight excluding hydrogens is 274 g/mol. The highest BCUT2D eigenvalue weighted by molar-refractivity contribution is 5.97. The van der Waals surface area contributed by atoms with Crippen molar-refractivity contribution in [2.75, 3.05) is 12.3 Å². The van der Waals surface area contributed by atoms with Crippen LogP contribution < -0.4 is 5.73 Å². The third-order valence-corrected chi connectivity index (χ3v) is 3.88. The number of aromatic nitrogens is 1. The molecule has 0 aliphatic carbocycles. The largest absolute Gasteiger partial charge is 0.398 e. The number of nitrogens with zero attached hydrogens (tertiary/aromatic N) is 2. The minimum atomic E-state index is 0.0360. The van der Waals surface area contributed by atoms with Gasteiger partial charge in [0.1, 0.15) is 0 Å². The number of amides is 1. The van der Waals surface area contributed by atoms with E-state index in [0.717, 1.165) is 12.0 Å². The minimum Gasteiger partial charge on any atom is -0.398 e. The Bertz CT molecular complexity index is 638. The molecule has 1 aromatic carbocycles. The first-order chi connectivity index (χ1) is 10.5. The summed E-state index contributed by atoms with van der Waals surface area (Å²) in [5, 5.41) is 0. The lowest BCUT2D eigenvalue weighted by Crippen LogP contribution is -2.38. The van der Waals surface area contributed by atoms with E-state index in [4.69, 9.17) is 5.73 Å². The van der Waals surface area contributed by atoms with Gasteiger partial charge in [0.05, 0.1) is 0 Å². The Labute approximate surface area is 132 Å². The molecule has 0 atom stereocenters. The van der Waals surface area contributed by atoms with E-state index in [2.05, 4.69) is 4.98 Å². The summed E-state index contributed by atoms with van der Waals surface area (Å²) in [4.78, 5) is 18.7. The lowest BCUT2D eigenvalue weighted by Gasteiger charge is -2.27. The molecule has 0 bridgehead atoms. The summed E-state index contributed by atoms with van der Waals surface area (Å²) in [6.07, 6.45) is 4.37. The molecule has 1 aromatic heterocycles. The Morgan fingerprint density at radius 2 is 1.91 bits per heavy atom. The second kappa shape index (κ2) is 7.07. The van der Waals surface area contributed by atoms with Crippen molar-refractivity contribution in [2.45, 2.75) is 33.2 Å². The predicted octanol–water partition coefficient (Wildman–Crippen LogP) is 3.07. The number of anilines is 1. The van der Waals surface area contributed by atoms with Gasteiger partial charge in [0.25, 0.3) is 5.91 Å². The second-order valence-corrected chi connectivity index (χ2v) is 5.72. The molecule has 0 spiro atoms. The summed E-state index contributed by atoms with van der Waals surface area (Å²) >= 11 is 0. The fourth-order valence-corrected chi connectivity index (χ4v) is 2.43. The van der Waals surface area contributed by atoms with Crippen LogP contribution in [0.5, 0.6) is 0 Å². The van der Waals surface area contributed by atoms with Crippen LogP contribution in [0.2, 0.25) is 0 Å². The van der Waals surface area contributed by atoms with Crippen LogP contribution in [0.1, 0.15) is 35.3 Å². The van der Waals surface area contributed by atoms with Crippen molar-refractivity contribution >= 4 is 11.6 Å². The Morgan fingerprint density at radius 3 is 2.55 bits per heavy atom. The molecule has 4 heteroatoms. The molecule has 0 radical (unpaired) electrons. The molecule has 1 amide bonds. The van der Waals surface area contributed by atoms with E-state index in [1.54, 1.807) is 12.4 Å². The summed E-state index contributed by atoms with van der Waals surface area (Å²) < 4.78 is 0. The van der Waals surface area contributed by atoms with Crippen LogP contribution in [0.4, 0.5) is 5.69 Å². The quantitative estimate of drug-likeness (QED) is 0.863. The standard InChI is InChI=1S/C18H23N3O/c1-13(2)21(12-9-15-7-10-20-11-8-15)18(22)16-5-4-6-17(19)14(16)3/h4-8,10-11,13H,9,12,19H2,1-3H3. The highest BCUT2D eigenvalue weighted by Crippen LogP contribution is 2.19. The topological polar surface area (TPSA) is 59.2 Å². The molecule has 0 saturated carbocycles. The van der Waals surface area contributed by atoms with E-state index in [-0.39, 0.29) is 11.9 Å². The van der Waals surface area contributed by atoms with Crippen molar-refractivity contribution in [3.05, 3.63) is 59.4 Å². The summed E-state index contributed by atoms with van der Waals surface area (Å²) in [7, 11) is 0. The average molecular weight is 297 g/mol. The van der Waals surface area contributed by atoms with Crippen LogP contribution in [0.25, 0.3) is 0 Å². The van der Waals surface area contributed by atoms with Crippen molar-refractivity contribution < 1.29 is 4.79 Å². The van der Waals surface area contributed by atoms with Crippen molar-refractivity contribution in [1.82, 2.24) is 9.88 Å². The van der Waals surface area contributed by atoms with E-state index in [9.17, 15) is 4.79 Å². The van der Waals surface area contributed by atoms with E-state index in [1.807, 2.05) is 56.0 Å². The number of benzene rings is 1. The van der Waals surface area contributed by atoms with E-state index in [1.165, 1.54) is 5.56 Å². The summed E-state index contributed by atoms with van der Waals surface area (Å²) in [6, 6.07) is 9.59. The number of rotatable bonds is 5. The zero-order chi connectivity index (χ0) is 16.1. The Morgan fingerprint density at radius 1 is 1.23 bits per heavy atom. The van der Waals surface area contributed by atoms with E-state index < -0.39 is 0 Å². The molecule has 22 heavy (non-hydrogen) atoms. The maximum Gasteiger partial charge on any atom is 0.254 e. The third kappa shape index (κ3) is 3.64. The Balaban J connectivity index is 2.17. The van der Waals surface area contributed by atoms with Crippen LogP contribution >= 0.6 is 0 Å². The van der Waals surface area contributed by atoms with Gasteiger partial charge in [-0.25, -0.2) is 0 Å². The SMILES string of the molecule is Cc1c(N)cccc1C(=O)N(CCc1ccncc1)C(C)C. The van der Waals surface area contributed by atoms with Gasteiger partial charge in [-0.05, 0) is 62.6 Å². The molecule has 0 saturated heterocycles. The minimum absolute atomic E-state index is 0.0360. The molecular formula is C18H23N3O. The first-order valence-electron chi connectivity index (χ1n) is 7.55. The number of pyridine rings is 1. The highest BCUT2D eigenvalue weighted by atomic mass is 16.2. The average Bonchev–Trinajstić information content (AvgIpc) is 2.50. The lowest BCUT2D eigenvalue weighted by molar-refractivity contribution is 0.0707. The molecule has 2 N–H and O–H groups in total. The monoisotopic (exact) mass is 297 g/mol. The molecule has 4 nitrogen and oxygen atoms in total. The molecule has 1 heterocycles. The van der Waals surface area contributed by atoms with Crippen molar-refractivity contribution in [2.24, 2.45) is 0 Å². The van der Waals surface area contributed by atoms with Gasteiger partial charge >= 0.3 is 0 Å². The Kier molecular flexibility index (Phi) is 5.15. The van der Waals surface area contributed by atoms with Crippen LogP contribution in [0, 0.1) is 6.92 Å². The smallest absolute Gasteiger partial charge is 0.254 e. The number of nitrogens with two attached hydrogens (primary N) is 1. The van der Waals surface area contributed by atoms with Gasteiger partial charge < -0.3 is 10.6 Å². The van der Waals surface area contributed by atoms with Gasteiger partial charge in [0, 0.05) is 36.2 Å². The van der Waals surface area contributed by atoms with Gasteiger partial charge in [-0.3, -0.25) is 9.78 Å². The van der Waals surface area contributed by atoms with E-state index in [0.29, 0.717) is 17.8 Å². The maximum atomic E-state index is 12.8. The van der Waals surface area contributed by atoms with Crippen molar-refractivity contribution in [3.63, 3.8) is 0 Å². The van der Waals surface area contributed by atoms with Crippen LogP contribution in [0.15, 0.2) is 42.7 Å². The molecule has 2 rings (SSSR count). The van der Waals surface area contributed by atoms with Gasteiger partial charge in [-0.1, -0.05) is 6.07 Å². The summed E-state index contributed by atoms with van der Waals surface area (Å²) in [6.45, 7) is 6.64. The normalized spacial score (nSPS) is 10.7. The molecule has 2 aromatic rings. The van der Waals surface area contributed by atoms with Crippen LogP contribution in [-0.2, 0) is 6.42 Å². The van der Waals surface area contributed by atoms with Crippen LogP contribution in [0.3, 0.4) is 0 Å². The van der Waals surface area contributed by atoms with Gasteiger partial charge in [0.15, 0.2) is 0 Å². The number of carbonyl (C=O) groups excluding carboxylic acids is 1. The molecule has 0 fully saturated rings. The molecule has 0 aliphatic heterocycles. The molecule has 0 aliphatic rings.